The predicted molar refractivity (Wildman–Crippen MR) is 54.7 cm³/mol. The lowest BCUT2D eigenvalue weighted by Gasteiger charge is -2.04. The summed E-state index contributed by atoms with van der Waals surface area (Å²) in [6.07, 6.45) is 7.34. The highest BCUT2D eigenvalue weighted by Crippen LogP contribution is 2.02. The van der Waals surface area contributed by atoms with Gasteiger partial charge in [-0.25, -0.2) is 4.98 Å². The molecule has 12 heavy (non-hydrogen) atoms. The standard InChI is InChI=1S/C9H16N2S/c1-2-9-10-5-7-11(9)6-3-4-8-12/h5,7,12H,2-4,6,8H2,1H3. The van der Waals surface area contributed by atoms with Crippen LogP contribution < -0.4 is 0 Å². The Labute approximate surface area is 79.4 Å². The van der Waals surface area contributed by atoms with Gasteiger partial charge in [0, 0.05) is 25.4 Å². The zero-order chi connectivity index (χ0) is 8.81. The first kappa shape index (κ1) is 9.65. The van der Waals surface area contributed by atoms with Crippen molar-refractivity contribution < 1.29 is 0 Å². The van der Waals surface area contributed by atoms with Crippen molar-refractivity contribution in [2.45, 2.75) is 32.7 Å². The van der Waals surface area contributed by atoms with Crippen LogP contribution in [0, 0.1) is 0 Å². The van der Waals surface area contributed by atoms with Crippen molar-refractivity contribution >= 4 is 12.6 Å². The van der Waals surface area contributed by atoms with Gasteiger partial charge in [-0.15, -0.1) is 0 Å². The summed E-state index contributed by atoms with van der Waals surface area (Å²) in [5, 5.41) is 0. The van der Waals surface area contributed by atoms with Crippen LogP contribution in [0.2, 0.25) is 0 Å². The Hall–Kier alpha value is -0.440. The Morgan fingerprint density at radius 1 is 1.50 bits per heavy atom. The van der Waals surface area contributed by atoms with Crippen LogP contribution in [0.25, 0.3) is 0 Å². The summed E-state index contributed by atoms with van der Waals surface area (Å²) in [6.45, 7) is 3.22. The second-order valence-electron chi connectivity index (χ2n) is 2.82. The molecule has 1 heterocycles. The Morgan fingerprint density at radius 3 is 3.00 bits per heavy atom. The molecule has 1 aromatic rings. The van der Waals surface area contributed by atoms with Gasteiger partial charge in [0.2, 0.25) is 0 Å². The number of hydrogen-bond donors (Lipinski definition) is 1. The number of aryl methyl sites for hydroxylation is 2. The number of unbranched alkanes of at least 4 members (excludes halogenated alkanes) is 1. The molecule has 0 aliphatic heterocycles. The van der Waals surface area contributed by atoms with Gasteiger partial charge in [0.1, 0.15) is 5.82 Å². The third-order valence-corrected chi connectivity index (χ3v) is 2.24. The predicted octanol–water partition coefficient (Wildman–Crippen LogP) is 2.16. The van der Waals surface area contributed by atoms with E-state index in [4.69, 9.17) is 0 Å². The molecule has 68 valence electrons. The van der Waals surface area contributed by atoms with Crippen LogP contribution in [0.15, 0.2) is 12.4 Å². The summed E-state index contributed by atoms with van der Waals surface area (Å²) in [7, 11) is 0. The maximum Gasteiger partial charge on any atom is 0.108 e. The fourth-order valence-electron chi connectivity index (χ4n) is 1.25. The quantitative estimate of drug-likeness (QED) is 0.548. The smallest absolute Gasteiger partial charge is 0.108 e. The first-order chi connectivity index (χ1) is 5.88. The van der Waals surface area contributed by atoms with Crippen molar-refractivity contribution in [2.24, 2.45) is 0 Å². The van der Waals surface area contributed by atoms with E-state index in [1.807, 2.05) is 6.20 Å². The molecule has 3 heteroatoms. The summed E-state index contributed by atoms with van der Waals surface area (Å²) in [6, 6.07) is 0. The highest BCUT2D eigenvalue weighted by atomic mass is 32.1. The summed E-state index contributed by atoms with van der Waals surface area (Å²) >= 11 is 4.18. The molecule has 0 unspecified atom stereocenters. The number of nitrogens with zero attached hydrogens (tertiary/aromatic N) is 2. The highest BCUT2D eigenvalue weighted by Gasteiger charge is 1.97. The van der Waals surface area contributed by atoms with Crippen molar-refractivity contribution in [1.82, 2.24) is 9.55 Å². The van der Waals surface area contributed by atoms with Crippen LogP contribution in [-0.2, 0) is 13.0 Å². The molecule has 0 atom stereocenters. The summed E-state index contributed by atoms with van der Waals surface area (Å²) in [5.74, 6) is 2.17. The van der Waals surface area contributed by atoms with Crippen molar-refractivity contribution in [3.05, 3.63) is 18.2 Å². The molecule has 0 amide bonds. The van der Waals surface area contributed by atoms with Gasteiger partial charge in [-0.2, -0.15) is 12.6 Å². The average molecular weight is 184 g/mol. The zero-order valence-electron chi connectivity index (χ0n) is 7.53. The summed E-state index contributed by atoms with van der Waals surface area (Å²) in [5.41, 5.74) is 0. The van der Waals surface area contributed by atoms with E-state index in [-0.39, 0.29) is 0 Å². The minimum absolute atomic E-state index is 0.982. The first-order valence-corrected chi connectivity index (χ1v) is 5.12. The molecule has 0 saturated carbocycles. The lowest BCUT2D eigenvalue weighted by molar-refractivity contribution is 0.608. The van der Waals surface area contributed by atoms with Gasteiger partial charge < -0.3 is 4.57 Å². The molecule has 0 radical (unpaired) electrons. The van der Waals surface area contributed by atoms with Crippen LogP contribution in [0.4, 0.5) is 0 Å². The Morgan fingerprint density at radius 2 is 2.33 bits per heavy atom. The van der Waals surface area contributed by atoms with Gasteiger partial charge in [-0.05, 0) is 18.6 Å². The molecule has 0 aliphatic carbocycles. The molecule has 0 saturated heterocycles. The molecule has 1 aromatic heterocycles. The minimum atomic E-state index is 0.982. The maximum atomic E-state index is 4.26. The molecule has 0 N–H and O–H groups in total. The fourth-order valence-corrected chi connectivity index (χ4v) is 1.48. The molecule has 0 spiro atoms. The van der Waals surface area contributed by atoms with Crippen LogP contribution in [0.3, 0.4) is 0 Å². The normalized spacial score (nSPS) is 10.5. The Balaban J connectivity index is 2.39. The van der Waals surface area contributed by atoms with Gasteiger partial charge in [0.05, 0.1) is 0 Å². The number of thiol groups is 1. The van der Waals surface area contributed by atoms with E-state index in [9.17, 15) is 0 Å². The first-order valence-electron chi connectivity index (χ1n) is 4.49. The number of rotatable bonds is 5. The minimum Gasteiger partial charge on any atom is -0.335 e. The van der Waals surface area contributed by atoms with Gasteiger partial charge in [0.15, 0.2) is 0 Å². The molecule has 2 nitrogen and oxygen atoms in total. The third kappa shape index (κ3) is 2.55. The number of imidazole rings is 1. The van der Waals surface area contributed by atoms with Crippen LogP contribution in [-0.4, -0.2) is 15.3 Å². The fraction of sp³-hybridized carbons (Fsp3) is 0.667. The largest absolute Gasteiger partial charge is 0.335 e. The molecule has 0 aliphatic rings. The van der Waals surface area contributed by atoms with Gasteiger partial charge in [-0.1, -0.05) is 6.92 Å². The molecule has 1 rings (SSSR count). The van der Waals surface area contributed by atoms with Gasteiger partial charge in [0.25, 0.3) is 0 Å². The lowest BCUT2D eigenvalue weighted by Crippen LogP contribution is -2.02. The SMILES string of the molecule is CCc1nccn1CCCCS. The second kappa shape index (κ2) is 5.25. The summed E-state index contributed by atoms with van der Waals surface area (Å²) < 4.78 is 2.23. The number of aromatic nitrogens is 2. The second-order valence-corrected chi connectivity index (χ2v) is 3.27. The highest BCUT2D eigenvalue weighted by molar-refractivity contribution is 7.80. The van der Waals surface area contributed by atoms with Gasteiger partial charge in [-0.3, -0.25) is 0 Å². The average Bonchev–Trinajstić information content (AvgIpc) is 2.52. The van der Waals surface area contributed by atoms with Crippen LogP contribution >= 0.6 is 12.6 Å². The topological polar surface area (TPSA) is 17.8 Å². The lowest BCUT2D eigenvalue weighted by atomic mass is 10.3. The molecule has 0 aromatic carbocycles. The van der Waals surface area contributed by atoms with E-state index < -0.39 is 0 Å². The Bertz CT molecular complexity index is 220. The molecule has 0 bridgehead atoms. The van der Waals surface area contributed by atoms with Crippen molar-refractivity contribution in [3.63, 3.8) is 0 Å². The monoisotopic (exact) mass is 184 g/mol. The van der Waals surface area contributed by atoms with Crippen LogP contribution in [0.5, 0.6) is 0 Å². The molecular weight excluding hydrogens is 168 g/mol. The maximum absolute atomic E-state index is 4.26. The zero-order valence-corrected chi connectivity index (χ0v) is 8.43. The summed E-state index contributed by atoms with van der Waals surface area (Å²) in [4.78, 5) is 4.26. The number of hydrogen-bond acceptors (Lipinski definition) is 2. The van der Waals surface area contributed by atoms with E-state index in [1.165, 1.54) is 18.7 Å². The van der Waals surface area contributed by atoms with Crippen molar-refractivity contribution in [2.75, 3.05) is 5.75 Å². The van der Waals surface area contributed by atoms with E-state index in [0.717, 1.165) is 18.7 Å². The van der Waals surface area contributed by atoms with Crippen molar-refractivity contribution in [3.8, 4) is 0 Å². The van der Waals surface area contributed by atoms with E-state index in [2.05, 4.69) is 35.3 Å². The molecular formula is C9H16N2S. The third-order valence-electron chi connectivity index (χ3n) is 1.93. The van der Waals surface area contributed by atoms with Crippen molar-refractivity contribution in [1.29, 1.82) is 0 Å². The Kier molecular flexibility index (Phi) is 4.22. The van der Waals surface area contributed by atoms with E-state index in [0.29, 0.717) is 0 Å². The van der Waals surface area contributed by atoms with Crippen LogP contribution in [0.1, 0.15) is 25.6 Å². The van der Waals surface area contributed by atoms with Gasteiger partial charge >= 0.3 is 0 Å². The van der Waals surface area contributed by atoms with E-state index >= 15 is 0 Å². The van der Waals surface area contributed by atoms with E-state index in [1.54, 1.807) is 0 Å². The molecule has 0 fully saturated rings.